The van der Waals surface area contributed by atoms with Crippen molar-refractivity contribution in [2.24, 2.45) is 11.7 Å². The Morgan fingerprint density at radius 1 is 1.59 bits per heavy atom. The molecule has 2 saturated heterocycles. The van der Waals surface area contributed by atoms with Gasteiger partial charge in [0.2, 0.25) is 5.91 Å². The molecular formula is C11H13N3O3. The number of amides is 2. The topological polar surface area (TPSA) is 89.4 Å². The third-order valence-corrected chi connectivity index (χ3v) is 3.83. The van der Waals surface area contributed by atoms with Gasteiger partial charge in [0.15, 0.2) is 12.1 Å². The molecule has 17 heavy (non-hydrogen) atoms. The van der Waals surface area contributed by atoms with Gasteiger partial charge in [-0.3, -0.25) is 9.59 Å². The van der Waals surface area contributed by atoms with Gasteiger partial charge in [0, 0.05) is 25.4 Å². The van der Waals surface area contributed by atoms with Crippen LogP contribution in [0.15, 0.2) is 10.8 Å². The molecule has 0 spiro atoms. The number of rotatable bonds is 2. The van der Waals surface area contributed by atoms with E-state index in [1.807, 2.05) is 4.90 Å². The molecule has 3 aliphatic rings. The van der Waals surface area contributed by atoms with Crippen LogP contribution in [0.25, 0.3) is 0 Å². The maximum absolute atomic E-state index is 11.4. The minimum Gasteiger partial charge on any atom is -0.447 e. The maximum atomic E-state index is 11.4. The highest BCUT2D eigenvalue weighted by Crippen LogP contribution is 2.52. The monoisotopic (exact) mass is 235 g/mol. The minimum atomic E-state index is -0.575. The van der Waals surface area contributed by atoms with Crippen LogP contribution in [0.1, 0.15) is 35.5 Å². The molecule has 1 aromatic rings. The summed E-state index contributed by atoms with van der Waals surface area (Å²) in [7, 11) is 0. The van der Waals surface area contributed by atoms with Gasteiger partial charge in [0.1, 0.15) is 5.76 Å². The predicted octanol–water partition coefficient (Wildman–Crippen LogP) is 0.108. The Balaban J connectivity index is 1.91. The van der Waals surface area contributed by atoms with Gasteiger partial charge in [-0.2, -0.15) is 0 Å². The number of oxazole rings is 1. The summed E-state index contributed by atoms with van der Waals surface area (Å²) in [5.74, 6) is 0.496. The Morgan fingerprint density at radius 2 is 2.35 bits per heavy atom. The largest absolute Gasteiger partial charge is 0.447 e. The van der Waals surface area contributed by atoms with Crippen molar-refractivity contribution in [1.29, 1.82) is 0 Å². The highest BCUT2D eigenvalue weighted by Gasteiger charge is 2.55. The smallest absolute Gasteiger partial charge is 0.270 e. The molecule has 2 aliphatic heterocycles. The highest BCUT2D eigenvalue weighted by atomic mass is 16.3. The van der Waals surface area contributed by atoms with Crippen LogP contribution < -0.4 is 5.73 Å². The Morgan fingerprint density at radius 3 is 2.94 bits per heavy atom. The fourth-order valence-corrected chi connectivity index (χ4v) is 3.05. The van der Waals surface area contributed by atoms with E-state index in [0.29, 0.717) is 11.7 Å². The summed E-state index contributed by atoms with van der Waals surface area (Å²) < 4.78 is 5.29. The lowest BCUT2D eigenvalue weighted by Gasteiger charge is -2.34. The van der Waals surface area contributed by atoms with Crippen molar-refractivity contribution in [3.63, 3.8) is 0 Å². The molecule has 3 unspecified atom stereocenters. The normalized spacial score (nSPS) is 30.2. The van der Waals surface area contributed by atoms with Crippen molar-refractivity contribution in [3.05, 3.63) is 17.8 Å². The summed E-state index contributed by atoms with van der Waals surface area (Å²) in [4.78, 5) is 28.3. The molecule has 2 N–H and O–H groups in total. The van der Waals surface area contributed by atoms with E-state index >= 15 is 0 Å². The van der Waals surface area contributed by atoms with Gasteiger partial charge < -0.3 is 15.1 Å². The molecule has 4 rings (SSSR count). The molecule has 3 atom stereocenters. The summed E-state index contributed by atoms with van der Waals surface area (Å²) in [6.07, 6.45) is 2.22. The zero-order valence-corrected chi connectivity index (χ0v) is 9.42. The molecule has 3 heterocycles. The highest BCUT2D eigenvalue weighted by molar-refractivity contribution is 5.92. The minimum absolute atomic E-state index is 0.0696. The summed E-state index contributed by atoms with van der Waals surface area (Å²) in [6.45, 7) is 2.30. The molecule has 2 amide bonds. The standard InChI is InChI=1S/C11H13N3O3/c1-5(15)14-3-6-2-7(14)8(6)10-9(11(12)16)13-4-17-10/h4,6-8H,2-3H2,1H3,(H2,12,16). The molecule has 1 saturated carbocycles. The average Bonchev–Trinajstić information content (AvgIpc) is 2.88. The third-order valence-electron chi connectivity index (χ3n) is 3.83. The molecule has 0 radical (unpaired) electrons. The van der Waals surface area contributed by atoms with Gasteiger partial charge in [-0.25, -0.2) is 4.98 Å². The van der Waals surface area contributed by atoms with E-state index in [9.17, 15) is 9.59 Å². The number of nitrogens with zero attached hydrogens (tertiary/aromatic N) is 2. The van der Waals surface area contributed by atoms with Crippen molar-refractivity contribution in [2.45, 2.75) is 25.3 Å². The van der Waals surface area contributed by atoms with E-state index in [1.165, 1.54) is 6.39 Å². The predicted molar refractivity (Wildman–Crippen MR) is 57.0 cm³/mol. The molecular weight excluding hydrogens is 222 g/mol. The number of nitrogens with two attached hydrogens (primary N) is 1. The summed E-state index contributed by atoms with van der Waals surface area (Å²) >= 11 is 0. The Bertz CT molecular complexity index is 496. The fourth-order valence-electron chi connectivity index (χ4n) is 3.05. The molecule has 90 valence electrons. The zero-order valence-electron chi connectivity index (χ0n) is 9.42. The third kappa shape index (κ3) is 1.30. The van der Waals surface area contributed by atoms with Gasteiger partial charge in [-0.15, -0.1) is 0 Å². The quantitative estimate of drug-likeness (QED) is 0.787. The first-order chi connectivity index (χ1) is 8.09. The van der Waals surface area contributed by atoms with E-state index in [4.69, 9.17) is 10.2 Å². The Hall–Kier alpha value is -1.85. The Labute approximate surface area is 97.8 Å². The number of primary amides is 1. The average molecular weight is 235 g/mol. The van der Waals surface area contributed by atoms with Gasteiger partial charge >= 0.3 is 0 Å². The van der Waals surface area contributed by atoms with Crippen LogP contribution in [0.4, 0.5) is 0 Å². The van der Waals surface area contributed by atoms with Crippen molar-refractivity contribution in [3.8, 4) is 0 Å². The van der Waals surface area contributed by atoms with Crippen LogP contribution in [-0.2, 0) is 4.79 Å². The first-order valence-corrected chi connectivity index (χ1v) is 5.60. The summed E-state index contributed by atoms with van der Waals surface area (Å²) in [6, 6.07) is 0.142. The van der Waals surface area contributed by atoms with Gasteiger partial charge in [-0.05, 0) is 12.3 Å². The van der Waals surface area contributed by atoms with Crippen LogP contribution in [-0.4, -0.2) is 34.3 Å². The number of aromatic nitrogens is 1. The first kappa shape index (κ1) is 10.3. The first-order valence-electron chi connectivity index (χ1n) is 5.60. The van der Waals surface area contributed by atoms with Crippen LogP contribution in [0.3, 0.4) is 0 Å². The number of carbonyl (C=O) groups excluding carboxylic acids is 2. The molecule has 6 nitrogen and oxygen atoms in total. The maximum Gasteiger partial charge on any atom is 0.270 e. The molecule has 3 fully saturated rings. The second kappa shape index (κ2) is 3.32. The second-order valence-electron chi connectivity index (χ2n) is 4.69. The molecule has 2 bridgehead atoms. The fraction of sp³-hybridized carbons (Fsp3) is 0.545. The lowest BCUT2D eigenvalue weighted by molar-refractivity contribution is -0.129. The molecule has 1 aliphatic carbocycles. The van der Waals surface area contributed by atoms with Crippen LogP contribution in [0.2, 0.25) is 0 Å². The number of hydrogen-bond acceptors (Lipinski definition) is 4. The Kier molecular flexibility index (Phi) is 2.01. The molecule has 1 aromatic heterocycles. The van der Waals surface area contributed by atoms with E-state index in [2.05, 4.69) is 4.98 Å². The lowest BCUT2D eigenvalue weighted by atomic mass is 9.72. The number of carbonyl (C=O) groups is 2. The summed E-state index contributed by atoms with van der Waals surface area (Å²) in [5, 5.41) is 0. The van der Waals surface area contributed by atoms with Crippen molar-refractivity contribution in [2.75, 3.05) is 6.54 Å². The van der Waals surface area contributed by atoms with Crippen LogP contribution in [0.5, 0.6) is 0 Å². The lowest BCUT2D eigenvalue weighted by Crippen LogP contribution is -2.39. The second-order valence-corrected chi connectivity index (χ2v) is 4.69. The van der Waals surface area contributed by atoms with E-state index in [1.54, 1.807) is 6.92 Å². The number of fused-ring (bicyclic) bond motifs is 1. The van der Waals surface area contributed by atoms with E-state index < -0.39 is 5.91 Å². The molecule has 0 aromatic carbocycles. The van der Waals surface area contributed by atoms with E-state index in [0.717, 1.165) is 13.0 Å². The molecule has 6 heteroatoms. The van der Waals surface area contributed by atoms with E-state index in [-0.39, 0.29) is 23.6 Å². The summed E-state index contributed by atoms with van der Waals surface area (Å²) in [5.41, 5.74) is 5.44. The van der Waals surface area contributed by atoms with Crippen molar-refractivity contribution < 1.29 is 14.0 Å². The van der Waals surface area contributed by atoms with Crippen LogP contribution >= 0.6 is 0 Å². The SMILES string of the molecule is CC(=O)N1CC2CC1C2c1ocnc1C(N)=O. The van der Waals surface area contributed by atoms with Gasteiger partial charge in [-0.1, -0.05) is 0 Å². The van der Waals surface area contributed by atoms with Gasteiger partial charge in [0.05, 0.1) is 0 Å². The van der Waals surface area contributed by atoms with Gasteiger partial charge in [0.25, 0.3) is 5.91 Å². The zero-order chi connectivity index (χ0) is 12.2. The van der Waals surface area contributed by atoms with Crippen LogP contribution in [0, 0.1) is 5.92 Å². The van der Waals surface area contributed by atoms with Crippen molar-refractivity contribution in [1.82, 2.24) is 9.88 Å². The number of hydrogen-bond donors (Lipinski definition) is 1. The van der Waals surface area contributed by atoms with Crippen molar-refractivity contribution >= 4 is 11.8 Å².